The lowest BCUT2D eigenvalue weighted by atomic mass is 10.1. The molecule has 0 saturated heterocycles. The fraction of sp³-hybridized carbons (Fsp3) is 0.417. The van der Waals surface area contributed by atoms with E-state index in [1.165, 1.54) is 5.56 Å². The molecule has 0 amide bonds. The van der Waals surface area contributed by atoms with E-state index in [0.29, 0.717) is 11.7 Å². The number of aliphatic hydroxyl groups excluding tert-OH is 1. The van der Waals surface area contributed by atoms with Crippen LogP contribution in [0.3, 0.4) is 0 Å². The monoisotopic (exact) mass is 238 g/mol. The topological polar surface area (TPSA) is 44.3 Å². The van der Waals surface area contributed by atoms with Gasteiger partial charge >= 0.3 is 0 Å². The number of hydrogen-bond acceptors (Lipinski definition) is 2. The zero-order valence-corrected chi connectivity index (χ0v) is 10.7. The van der Waals surface area contributed by atoms with Gasteiger partial charge in [-0.05, 0) is 44.6 Å². The minimum Gasteiger partial charge on any atom is -0.392 e. The second-order valence-corrected chi connectivity index (χ2v) is 4.41. The Morgan fingerprint density at radius 3 is 2.69 bits per heavy atom. The van der Waals surface area contributed by atoms with E-state index >= 15 is 0 Å². The van der Waals surface area contributed by atoms with Crippen molar-refractivity contribution in [2.45, 2.75) is 26.9 Å². The molecule has 4 heteroatoms. The van der Waals surface area contributed by atoms with E-state index in [-0.39, 0.29) is 0 Å². The maximum absolute atomic E-state index is 9.11. The van der Waals surface area contributed by atoms with Gasteiger partial charge in [-0.1, -0.05) is 17.7 Å². The summed E-state index contributed by atoms with van der Waals surface area (Å²) < 4.78 is 0. The summed E-state index contributed by atoms with van der Waals surface area (Å²) in [5.41, 5.74) is 3.38. The van der Waals surface area contributed by atoms with E-state index in [2.05, 4.69) is 23.6 Å². The Morgan fingerprint density at radius 2 is 2.12 bits per heavy atom. The average Bonchev–Trinajstić information content (AvgIpc) is 2.19. The number of hydrogen-bond donors (Lipinski definition) is 3. The van der Waals surface area contributed by atoms with Gasteiger partial charge in [0.25, 0.3) is 0 Å². The molecule has 0 heterocycles. The molecule has 1 atom stereocenters. The molecule has 3 nitrogen and oxygen atoms in total. The summed E-state index contributed by atoms with van der Waals surface area (Å²) >= 11 is 5.11. The molecule has 0 bridgehead atoms. The maximum Gasteiger partial charge on any atom is 0.170 e. The molecule has 0 fully saturated rings. The summed E-state index contributed by atoms with van der Waals surface area (Å²) in [6.45, 7) is 6.26. The number of benzene rings is 1. The van der Waals surface area contributed by atoms with Crippen molar-refractivity contribution >= 4 is 23.0 Å². The number of thiocarbonyl (C=S) groups is 1. The molecule has 0 aliphatic heterocycles. The number of nitrogens with one attached hydrogen (secondary N) is 2. The maximum atomic E-state index is 9.11. The van der Waals surface area contributed by atoms with Gasteiger partial charge < -0.3 is 15.7 Å². The van der Waals surface area contributed by atoms with Crippen molar-refractivity contribution in [3.8, 4) is 0 Å². The molecule has 0 aromatic heterocycles. The van der Waals surface area contributed by atoms with Gasteiger partial charge in [-0.15, -0.1) is 0 Å². The highest BCUT2D eigenvalue weighted by Crippen LogP contribution is 2.15. The van der Waals surface area contributed by atoms with E-state index < -0.39 is 6.10 Å². The molecular formula is C12H18N2OS. The lowest BCUT2D eigenvalue weighted by Crippen LogP contribution is -2.34. The van der Waals surface area contributed by atoms with Crippen LogP contribution in [0.4, 0.5) is 5.69 Å². The molecule has 0 spiro atoms. The van der Waals surface area contributed by atoms with Crippen LogP contribution in [0, 0.1) is 13.8 Å². The van der Waals surface area contributed by atoms with Crippen LogP contribution < -0.4 is 10.6 Å². The van der Waals surface area contributed by atoms with Gasteiger partial charge in [-0.2, -0.15) is 0 Å². The summed E-state index contributed by atoms with van der Waals surface area (Å²) in [6, 6.07) is 6.13. The lowest BCUT2D eigenvalue weighted by Gasteiger charge is -2.13. The summed E-state index contributed by atoms with van der Waals surface area (Å²) in [5, 5.41) is 15.7. The predicted molar refractivity (Wildman–Crippen MR) is 71.8 cm³/mol. The van der Waals surface area contributed by atoms with Gasteiger partial charge in [0.2, 0.25) is 0 Å². The predicted octanol–water partition coefficient (Wildman–Crippen LogP) is 1.97. The highest BCUT2D eigenvalue weighted by molar-refractivity contribution is 7.80. The first kappa shape index (κ1) is 12.9. The van der Waals surface area contributed by atoms with Crippen molar-refractivity contribution in [2.75, 3.05) is 11.9 Å². The standard InChI is InChI=1S/C12H18N2OS/c1-8-4-5-11(9(2)6-8)14-12(16)13-7-10(3)15/h4-6,10,15H,7H2,1-3H3,(H2,13,14,16). The molecule has 88 valence electrons. The molecule has 1 aromatic carbocycles. The molecule has 1 aromatic rings. The van der Waals surface area contributed by atoms with Crippen molar-refractivity contribution in [2.24, 2.45) is 0 Å². The second kappa shape index (κ2) is 5.82. The lowest BCUT2D eigenvalue weighted by molar-refractivity contribution is 0.198. The number of anilines is 1. The number of aliphatic hydroxyl groups is 1. The Bertz CT molecular complexity index is 377. The first-order valence-corrected chi connectivity index (χ1v) is 5.70. The van der Waals surface area contributed by atoms with Gasteiger partial charge in [-0.3, -0.25) is 0 Å². The van der Waals surface area contributed by atoms with Crippen LogP contribution in [-0.2, 0) is 0 Å². The van der Waals surface area contributed by atoms with Crippen LogP contribution in [0.5, 0.6) is 0 Å². The molecule has 3 N–H and O–H groups in total. The van der Waals surface area contributed by atoms with Crippen LogP contribution in [0.1, 0.15) is 18.1 Å². The fourth-order valence-corrected chi connectivity index (χ4v) is 1.55. The number of rotatable bonds is 3. The molecule has 0 radical (unpaired) electrons. The van der Waals surface area contributed by atoms with Crippen molar-refractivity contribution in [3.63, 3.8) is 0 Å². The summed E-state index contributed by atoms with van der Waals surface area (Å²) in [6.07, 6.45) is -0.404. The molecule has 16 heavy (non-hydrogen) atoms. The number of aryl methyl sites for hydroxylation is 2. The van der Waals surface area contributed by atoms with Crippen LogP contribution in [-0.4, -0.2) is 22.9 Å². The van der Waals surface area contributed by atoms with Crippen LogP contribution in [0.15, 0.2) is 18.2 Å². The SMILES string of the molecule is Cc1ccc(NC(=S)NCC(C)O)c(C)c1. The third-order valence-electron chi connectivity index (χ3n) is 2.19. The van der Waals surface area contributed by atoms with Crippen LogP contribution in [0.25, 0.3) is 0 Å². The van der Waals surface area contributed by atoms with Gasteiger partial charge in [0.05, 0.1) is 6.10 Å². The molecule has 1 rings (SSSR count). The van der Waals surface area contributed by atoms with E-state index in [9.17, 15) is 0 Å². The van der Waals surface area contributed by atoms with E-state index in [0.717, 1.165) is 11.3 Å². The minimum atomic E-state index is -0.404. The minimum absolute atomic E-state index is 0.404. The van der Waals surface area contributed by atoms with Crippen LogP contribution in [0.2, 0.25) is 0 Å². The van der Waals surface area contributed by atoms with E-state index in [1.807, 2.05) is 19.1 Å². The summed E-state index contributed by atoms with van der Waals surface area (Å²) in [4.78, 5) is 0. The van der Waals surface area contributed by atoms with E-state index in [1.54, 1.807) is 6.92 Å². The molecule has 0 aliphatic rings. The van der Waals surface area contributed by atoms with Gasteiger partial charge in [0.15, 0.2) is 5.11 Å². The summed E-state index contributed by atoms with van der Waals surface area (Å²) in [5.74, 6) is 0. The average molecular weight is 238 g/mol. The van der Waals surface area contributed by atoms with Crippen molar-refractivity contribution < 1.29 is 5.11 Å². The molecule has 0 saturated carbocycles. The third kappa shape index (κ3) is 4.16. The van der Waals surface area contributed by atoms with Gasteiger partial charge in [0.1, 0.15) is 0 Å². The van der Waals surface area contributed by atoms with Gasteiger partial charge in [-0.25, -0.2) is 0 Å². The van der Waals surface area contributed by atoms with Crippen molar-refractivity contribution in [1.29, 1.82) is 0 Å². The fourth-order valence-electron chi connectivity index (χ4n) is 1.36. The van der Waals surface area contributed by atoms with Crippen molar-refractivity contribution in [1.82, 2.24) is 5.32 Å². The Hall–Kier alpha value is -1.13. The molecule has 0 aliphatic carbocycles. The van der Waals surface area contributed by atoms with E-state index in [4.69, 9.17) is 17.3 Å². The first-order valence-electron chi connectivity index (χ1n) is 5.29. The van der Waals surface area contributed by atoms with Gasteiger partial charge in [0, 0.05) is 12.2 Å². The highest BCUT2D eigenvalue weighted by atomic mass is 32.1. The zero-order valence-electron chi connectivity index (χ0n) is 9.87. The highest BCUT2D eigenvalue weighted by Gasteiger charge is 2.02. The smallest absolute Gasteiger partial charge is 0.170 e. The Balaban J connectivity index is 2.56. The normalized spacial score (nSPS) is 12.0. The quantitative estimate of drug-likeness (QED) is 0.705. The summed E-state index contributed by atoms with van der Waals surface area (Å²) in [7, 11) is 0. The Morgan fingerprint density at radius 1 is 1.44 bits per heavy atom. The Kier molecular flexibility index (Phi) is 4.71. The molecular weight excluding hydrogens is 220 g/mol. The second-order valence-electron chi connectivity index (χ2n) is 4.00. The van der Waals surface area contributed by atoms with Crippen LogP contribution >= 0.6 is 12.2 Å². The molecule has 1 unspecified atom stereocenters. The Labute approximate surface area is 102 Å². The zero-order chi connectivity index (χ0) is 12.1. The third-order valence-corrected chi connectivity index (χ3v) is 2.43. The first-order chi connectivity index (χ1) is 7.49. The largest absolute Gasteiger partial charge is 0.392 e. The van der Waals surface area contributed by atoms with Crippen molar-refractivity contribution in [3.05, 3.63) is 29.3 Å².